The molecule has 0 aliphatic rings. The summed E-state index contributed by atoms with van der Waals surface area (Å²) in [5.41, 5.74) is 1.09. The van der Waals surface area contributed by atoms with Gasteiger partial charge in [0.15, 0.2) is 0 Å². The molecular formula is C17H27NO2. The number of rotatable bonds is 8. The zero-order chi connectivity index (χ0) is 15.0. The Morgan fingerprint density at radius 3 is 2.55 bits per heavy atom. The van der Waals surface area contributed by atoms with Crippen molar-refractivity contribution in [1.29, 1.82) is 0 Å². The maximum atomic E-state index is 11.9. The first-order valence-corrected chi connectivity index (χ1v) is 7.40. The lowest BCUT2D eigenvalue weighted by atomic mass is 9.98. The van der Waals surface area contributed by atoms with Gasteiger partial charge in [-0.25, -0.2) is 0 Å². The smallest absolute Gasteiger partial charge is 0.310 e. The first-order chi connectivity index (χ1) is 9.44. The highest BCUT2D eigenvalue weighted by Crippen LogP contribution is 2.12. The molecule has 0 aliphatic carbocycles. The average molecular weight is 277 g/mol. The highest BCUT2D eigenvalue weighted by Gasteiger charge is 2.20. The second-order valence-electron chi connectivity index (χ2n) is 6.01. The minimum Gasteiger partial charge on any atom is -0.461 e. The summed E-state index contributed by atoms with van der Waals surface area (Å²) in [6, 6.07) is 9.76. The van der Waals surface area contributed by atoms with Crippen molar-refractivity contribution in [3.05, 3.63) is 35.9 Å². The minimum absolute atomic E-state index is 0.0721. The van der Waals surface area contributed by atoms with Crippen LogP contribution >= 0.6 is 0 Å². The summed E-state index contributed by atoms with van der Waals surface area (Å²) >= 11 is 0. The van der Waals surface area contributed by atoms with Crippen molar-refractivity contribution in [2.75, 3.05) is 6.54 Å². The molecule has 1 aromatic rings. The van der Waals surface area contributed by atoms with Crippen molar-refractivity contribution in [2.45, 2.75) is 52.7 Å². The van der Waals surface area contributed by atoms with Crippen LogP contribution in [0.15, 0.2) is 30.3 Å². The Kier molecular flexibility index (Phi) is 6.73. The molecule has 1 N–H and O–H groups in total. The van der Waals surface area contributed by atoms with E-state index in [1.807, 2.05) is 37.3 Å². The molecule has 112 valence electrons. The summed E-state index contributed by atoms with van der Waals surface area (Å²) in [4.78, 5) is 11.9. The molecule has 1 unspecified atom stereocenters. The fourth-order valence-corrected chi connectivity index (χ4v) is 2.10. The first-order valence-electron chi connectivity index (χ1n) is 7.40. The highest BCUT2D eigenvalue weighted by atomic mass is 16.5. The number of esters is 1. The molecule has 0 bridgehead atoms. The SMILES string of the molecule is CCCC(C)(C)NCC(C)C(=O)OCc1ccccc1. The molecule has 3 nitrogen and oxygen atoms in total. The summed E-state index contributed by atoms with van der Waals surface area (Å²) in [5, 5.41) is 3.44. The summed E-state index contributed by atoms with van der Waals surface area (Å²) in [5.74, 6) is -0.275. The lowest BCUT2D eigenvalue weighted by Crippen LogP contribution is -2.42. The topological polar surface area (TPSA) is 38.3 Å². The van der Waals surface area contributed by atoms with E-state index in [1.54, 1.807) is 0 Å². The van der Waals surface area contributed by atoms with Crippen LogP contribution in [0.25, 0.3) is 0 Å². The summed E-state index contributed by atoms with van der Waals surface area (Å²) < 4.78 is 5.34. The highest BCUT2D eigenvalue weighted by molar-refractivity contribution is 5.72. The third kappa shape index (κ3) is 6.20. The molecule has 0 spiro atoms. The largest absolute Gasteiger partial charge is 0.461 e. The molecule has 0 radical (unpaired) electrons. The van der Waals surface area contributed by atoms with Crippen LogP contribution in [0.2, 0.25) is 0 Å². The van der Waals surface area contributed by atoms with Gasteiger partial charge in [0.2, 0.25) is 0 Å². The van der Waals surface area contributed by atoms with Crippen LogP contribution in [0.5, 0.6) is 0 Å². The molecule has 1 rings (SSSR count). The third-order valence-electron chi connectivity index (χ3n) is 3.39. The van der Waals surface area contributed by atoms with E-state index < -0.39 is 0 Å². The van der Waals surface area contributed by atoms with Crippen molar-refractivity contribution in [1.82, 2.24) is 5.32 Å². The molecule has 3 heteroatoms. The molecule has 0 aromatic heterocycles. The molecule has 1 atom stereocenters. The van der Waals surface area contributed by atoms with E-state index in [0.717, 1.165) is 18.4 Å². The fraction of sp³-hybridized carbons (Fsp3) is 0.588. The predicted molar refractivity (Wildman–Crippen MR) is 82.4 cm³/mol. The van der Waals surface area contributed by atoms with Gasteiger partial charge in [-0.15, -0.1) is 0 Å². The van der Waals surface area contributed by atoms with Crippen molar-refractivity contribution >= 4 is 5.97 Å². The monoisotopic (exact) mass is 277 g/mol. The van der Waals surface area contributed by atoms with Crippen LogP contribution in [-0.4, -0.2) is 18.1 Å². The van der Waals surface area contributed by atoms with Crippen molar-refractivity contribution < 1.29 is 9.53 Å². The number of hydrogen-bond donors (Lipinski definition) is 1. The third-order valence-corrected chi connectivity index (χ3v) is 3.39. The second-order valence-corrected chi connectivity index (χ2v) is 6.01. The molecule has 0 heterocycles. The van der Waals surface area contributed by atoms with Gasteiger partial charge in [-0.3, -0.25) is 4.79 Å². The molecule has 0 amide bonds. The van der Waals surface area contributed by atoms with E-state index in [4.69, 9.17) is 4.74 Å². The van der Waals surface area contributed by atoms with Crippen LogP contribution in [0.4, 0.5) is 0 Å². The zero-order valence-electron chi connectivity index (χ0n) is 13.1. The Morgan fingerprint density at radius 1 is 1.30 bits per heavy atom. The average Bonchev–Trinajstić information content (AvgIpc) is 2.43. The maximum Gasteiger partial charge on any atom is 0.310 e. The number of carbonyl (C=O) groups excluding carboxylic acids is 1. The number of hydrogen-bond acceptors (Lipinski definition) is 3. The number of nitrogens with one attached hydrogen (secondary N) is 1. The number of ether oxygens (including phenoxy) is 1. The Hall–Kier alpha value is -1.35. The van der Waals surface area contributed by atoms with E-state index in [2.05, 4.69) is 26.1 Å². The van der Waals surface area contributed by atoms with E-state index >= 15 is 0 Å². The summed E-state index contributed by atoms with van der Waals surface area (Å²) in [7, 11) is 0. The van der Waals surface area contributed by atoms with E-state index in [1.165, 1.54) is 0 Å². The quantitative estimate of drug-likeness (QED) is 0.739. The van der Waals surface area contributed by atoms with Crippen molar-refractivity contribution in [3.63, 3.8) is 0 Å². The van der Waals surface area contributed by atoms with Crippen LogP contribution < -0.4 is 5.32 Å². The zero-order valence-corrected chi connectivity index (χ0v) is 13.1. The molecule has 0 saturated heterocycles. The van der Waals surface area contributed by atoms with Crippen molar-refractivity contribution in [2.24, 2.45) is 5.92 Å². The van der Waals surface area contributed by atoms with Crippen LogP contribution in [0.3, 0.4) is 0 Å². The van der Waals surface area contributed by atoms with E-state index in [0.29, 0.717) is 13.2 Å². The summed E-state index contributed by atoms with van der Waals surface area (Å²) in [6.07, 6.45) is 2.23. The fourth-order valence-electron chi connectivity index (χ4n) is 2.10. The normalized spacial score (nSPS) is 13.0. The Labute approximate surface area is 122 Å². The van der Waals surface area contributed by atoms with Crippen LogP contribution in [-0.2, 0) is 16.1 Å². The second kappa shape index (κ2) is 8.05. The Bertz CT molecular complexity index is 401. The maximum absolute atomic E-state index is 11.9. The molecule has 0 aliphatic heterocycles. The van der Waals surface area contributed by atoms with Gasteiger partial charge in [0.25, 0.3) is 0 Å². The van der Waals surface area contributed by atoms with Gasteiger partial charge in [-0.2, -0.15) is 0 Å². The molecule has 0 fully saturated rings. The summed E-state index contributed by atoms with van der Waals surface area (Å²) in [6.45, 7) is 9.41. The van der Waals surface area contributed by atoms with Gasteiger partial charge in [0.1, 0.15) is 6.61 Å². The lowest BCUT2D eigenvalue weighted by molar-refractivity contribution is -0.149. The van der Waals surface area contributed by atoms with Gasteiger partial charge >= 0.3 is 5.97 Å². The van der Waals surface area contributed by atoms with Crippen LogP contribution in [0, 0.1) is 5.92 Å². The van der Waals surface area contributed by atoms with Gasteiger partial charge in [-0.05, 0) is 25.8 Å². The standard InChI is InChI=1S/C17H27NO2/c1-5-11-17(3,4)18-12-14(2)16(19)20-13-15-9-7-6-8-10-15/h6-10,14,18H,5,11-13H2,1-4H3. The van der Waals surface area contributed by atoms with E-state index in [9.17, 15) is 4.79 Å². The number of carbonyl (C=O) groups is 1. The Balaban J connectivity index is 2.32. The molecule has 0 saturated carbocycles. The predicted octanol–water partition coefficient (Wildman–Crippen LogP) is 3.53. The minimum atomic E-state index is -0.145. The van der Waals surface area contributed by atoms with Crippen LogP contribution in [0.1, 0.15) is 46.1 Å². The van der Waals surface area contributed by atoms with Gasteiger partial charge in [0.05, 0.1) is 5.92 Å². The Morgan fingerprint density at radius 2 is 1.95 bits per heavy atom. The molecular weight excluding hydrogens is 250 g/mol. The van der Waals surface area contributed by atoms with Gasteiger partial charge in [0, 0.05) is 12.1 Å². The molecule has 1 aromatic carbocycles. The van der Waals surface area contributed by atoms with Crippen molar-refractivity contribution in [3.8, 4) is 0 Å². The van der Waals surface area contributed by atoms with Gasteiger partial charge in [-0.1, -0.05) is 50.6 Å². The van der Waals surface area contributed by atoms with Gasteiger partial charge < -0.3 is 10.1 Å². The molecule has 20 heavy (non-hydrogen) atoms. The first kappa shape index (κ1) is 16.7. The lowest BCUT2D eigenvalue weighted by Gasteiger charge is -2.27. The number of benzene rings is 1. The van der Waals surface area contributed by atoms with E-state index in [-0.39, 0.29) is 17.4 Å².